The van der Waals surface area contributed by atoms with Crippen LogP contribution >= 0.6 is 11.3 Å². The van der Waals surface area contributed by atoms with Crippen LogP contribution in [0.3, 0.4) is 0 Å². The summed E-state index contributed by atoms with van der Waals surface area (Å²) < 4.78 is 22.9. The number of hydrogen-bond acceptors (Lipinski definition) is 7. The first kappa shape index (κ1) is 16.7. The van der Waals surface area contributed by atoms with E-state index in [2.05, 4.69) is 31.4 Å². The van der Waals surface area contributed by atoms with Crippen LogP contribution in [0.5, 0.6) is 0 Å². The molecule has 0 bridgehead atoms. The van der Waals surface area contributed by atoms with E-state index >= 15 is 0 Å². The van der Waals surface area contributed by atoms with Gasteiger partial charge in [0.25, 0.3) is 0 Å². The maximum Gasteiger partial charge on any atom is 0.247 e. The molecular weight excluding hydrogens is 372 g/mol. The summed E-state index contributed by atoms with van der Waals surface area (Å²) in [5.74, 6) is 4.47. The highest BCUT2D eigenvalue weighted by Crippen LogP contribution is 2.39. The van der Waals surface area contributed by atoms with Crippen LogP contribution in [0.15, 0.2) is 28.6 Å². The molecule has 0 amide bonds. The number of hydrogen-bond donors (Lipinski definition) is 3. The smallest absolute Gasteiger partial charge is 0.247 e. The average Bonchev–Trinajstić information content (AvgIpc) is 3.14. The summed E-state index contributed by atoms with van der Waals surface area (Å²) in [5.41, 5.74) is 1.56. The number of sulfonamides is 1. The summed E-state index contributed by atoms with van der Waals surface area (Å²) in [6.07, 6.45) is 9.37. The second-order valence-corrected chi connectivity index (χ2v) is 8.74. The van der Waals surface area contributed by atoms with Crippen molar-refractivity contribution in [2.45, 2.75) is 23.0 Å². The first-order valence-electron chi connectivity index (χ1n) is 7.73. The Labute approximate surface area is 155 Å². The van der Waals surface area contributed by atoms with Crippen LogP contribution in [0.25, 0.3) is 10.7 Å². The normalized spacial score (nSPS) is 14.2. The summed E-state index contributed by atoms with van der Waals surface area (Å²) in [5, 5.41) is 15.5. The van der Waals surface area contributed by atoms with Crippen LogP contribution in [-0.2, 0) is 10.0 Å². The van der Waals surface area contributed by atoms with Gasteiger partial charge in [0.1, 0.15) is 4.21 Å². The van der Waals surface area contributed by atoms with Gasteiger partial charge in [-0.25, -0.2) is 23.5 Å². The molecule has 0 spiro atoms. The lowest BCUT2D eigenvalue weighted by Gasteiger charge is -2.06. The van der Waals surface area contributed by atoms with E-state index in [4.69, 9.17) is 11.6 Å². The molecule has 1 fully saturated rings. The Morgan fingerprint density at radius 3 is 2.88 bits per heavy atom. The SMILES string of the molecule is C#Cc1cnc(-c2ccc(S(N)(=O)=O)s2)nc1Nc1cc(C2CC2)[nH]n1.[HH]. The maximum atomic E-state index is 11.4. The highest BCUT2D eigenvalue weighted by atomic mass is 32.2. The maximum absolute atomic E-state index is 11.4. The Morgan fingerprint density at radius 1 is 1.42 bits per heavy atom. The van der Waals surface area contributed by atoms with Crippen LogP contribution < -0.4 is 10.5 Å². The van der Waals surface area contributed by atoms with E-state index in [1.807, 2.05) is 6.07 Å². The molecule has 1 aliphatic carbocycles. The zero-order valence-electron chi connectivity index (χ0n) is 13.4. The minimum absolute atomic E-state index is 0. The molecule has 0 saturated heterocycles. The third-order valence-electron chi connectivity index (χ3n) is 3.89. The number of terminal acetylenes is 1. The predicted molar refractivity (Wildman–Crippen MR) is 101 cm³/mol. The molecule has 10 heteroatoms. The van der Waals surface area contributed by atoms with Crippen LogP contribution in [-0.4, -0.2) is 28.6 Å². The highest BCUT2D eigenvalue weighted by molar-refractivity contribution is 7.91. The lowest BCUT2D eigenvalue weighted by atomic mass is 10.3. The Bertz CT molecular complexity index is 1130. The van der Waals surface area contributed by atoms with Gasteiger partial charge in [0.2, 0.25) is 10.0 Å². The van der Waals surface area contributed by atoms with E-state index in [1.54, 1.807) is 6.07 Å². The lowest BCUT2D eigenvalue weighted by molar-refractivity contribution is 0.600. The molecule has 134 valence electrons. The van der Waals surface area contributed by atoms with Crippen molar-refractivity contribution in [1.29, 1.82) is 0 Å². The number of nitrogens with one attached hydrogen (secondary N) is 2. The van der Waals surface area contributed by atoms with Crippen molar-refractivity contribution in [3.8, 4) is 23.0 Å². The van der Waals surface area contributed by atoms with E-state index in [9.17, 15) is 8.42 Å². The third kappa shape index (κ3) is 3.32. The van der Waals surface area contributed by atoms with Crippen molar-refractivity contribution in [1.82, 2.24) is 20.2 Å². The fourth-order valence-corrected chi connectivity index (χ4v) is 4.09. The largest absolute Gasteiger partial charge is 0.322 e. The number of nitrogens with two attached hydrogens (primary N) is 1. The van der Waals surface area contributed by atoms with Gasteiger partial charge < -0.3 is 5.32 Å². The standard InChI is InChI=1S/C16H14N6O2S2.H2/c1-2-9-8-18-16(12-5-6-14(25-12)26(17,23)24)20-15(9)19-13-7-11(21-22-13)10-3-4-10;/h1,5-8,10H,3-4H2,(H2,17,23,24)(H2,18,19,20,21,22);1H. The number of thiophene rings is 1. The topological polar surface area (TPSA) is 127 Å². The number of aromatic nitrogens is 4. The zero-order chi connectivity index (χ0) is 18.3. The number of aromatic amines is 1. The minimum atomic E-state index is -3.76. The minimum Gasteiger partial charge on any atom is -0.322 e. The lowest BCUT2D eigenvalue weighted by Crippen LogP contribution is -2.09. The fraction of sp³-hybridized carbons (Fsp3) is 0.188. The first-order chi connectivity index (χ1) is 12.4. The van der Waals surface area contributed by atoms with Crippen molar-refractivity contribution in [3.63, 3.8) is 0 Å². The molecule has 0 atom stereocenters. The Morgan fingerprint density at radius 2 is 2.23 bits per heavy atom. The summed E-state index contributed by atoms with van der Waals surface area (Å²) in [6.45, 7) is 0. The molecule has 3 aromatic rings. The van der Waals surface area contributed by atoms with E-state index in [-0.39, 0.29) is 5.64 Å². The molecular formula is C16H16N6O2S2. The average molecular weight is 388 g/mol. The van der Waals surface area contributed by atoms with Crippen molar-refractivity contribution in [3.05, 3.63) is 35.7 Å². The Balaban J connectivity index is 0.00000210. The molecule has 0 aliphatic heterocycles. The van der Waals surface area contributed by atoms with E-state index < -0.39 is 10.0 Å². The predicted octanol–water partition coefficient (Wildman–Crippen LogP) is 2.42. The van der Waals surface area contributed by atoms with Gasteiger partial charge in [0.05, 0.1) is 10.4 Å². The number of anilines is 2. The van der Waals surface area contributed by atoms with Crippen molar-refractivity contribution in [2.75, 3.05) is 5.32 Å². The van der Waals surface area contributed by atoms with Gasteiger partial charge in [0, 0.05) is 25.3 Å². The van der Waals surface area contributed by atoms with E-state index in [0.29, 0.717) is 33.8 Å². The summed E-state index contributed by atoms with van der Waals surface area (Å²) in [7, 11) is -3.76. The van der Waals surface area contributed by atoms with E-state index in [1.165, 1.54) is 25.1 Å². The van der Waals surface area contributed by atoms with Gasteiger partial charge in [-0.2, -0.15) is 5.10 Å². The summed E-state index contributed by atoms with van der Waals surface area (Å²) in [4.78, 5) is 9.21. The second kappa shape index (κ2) is 6.21. The van der Waals surface area contributed by atoms with Crippen molar-refractivity contribution >= 4 is 33.0 Å². The number of rotatable bonds is 5. The van der Waals surface area contributed by atoms with Gasteiger partial charge in [-0.05, 0) is 25.0 Å². The van der Waals surface area contributed by atoms with Gasteiger partial charge >= 0.3 is 0 Å². The van der Waals surface area contributed by atoms with Gasteiger partial charge in [0.15, 0.2) is 17.5 Å². The molecule has 4 N–H and O–H groups in total. The molecule has 3 aromatic heterocycles. The fourth-order valence-electron chi connectivity index (χ4n) is 2.42. The molecule has 3 heterocycles. The Hall–Kier alpha value is -2.74. The van der Waals surface area contributed by atoms with E-state index in [0.717, 1.165) is 17.0 Å². The van der Waals surface area contributed by atoms with Crippen LogP contribution in [0.1, 0.15) is 31.4 Å². The zero-order valence-corrected chi connectivity index (χ0v) is 15.1. The molecule has 0 aromatic carbocycles. The Kier molecular flexibility index (Phi) is 3.99. The van der Waals surface area contributed by atoms with Crippen LogP contribution in [0.2, 0.25) is 0 Å². The third-order valence-corrected chi connectivity index (χ3v) is 6.41. The molecule has 0 radical (unpaired) electrons. The van der Waals surface area contributed by atoms with Crippen LogP contribution in [0.4, 0.5) is 11.6 Å². The number of nitrogens with zero attached hydrogens (tertiary/aromatic N) is 3. The monoisotopic (exact) mass is 388 g/mol. The highest BCUT2D eigenvalue weighted by Gasteiger charge is 2.25. The second-order valence-electron chi connectivity index (χ2n) is 5.87. The van der Waals surface area contributed by atoms with Gasteiger partial charge in [-0.15, -0.1) is 17.8 Å². The molecule has 26 heavy (non-hydrogen) atoms. The van der Waals surface area contributed by atoms with Gasteiger partial charge in [-0.1, -0.05) is 5.92 Å². The first-order valence-corrected chi connectivity index (χ1v) is 10.1. The number of primary sulfonamides is 1. The molecule has 0 unspecified atom stereocenters. The molecule has 1 saturated carbocycles. The van der Waals surface area contributed by atoms with Gasteiger partial charge in [-0.3, -0.25) is 5.10 Å². The number of H-pyrrole nitrogens is 1. The van der Waals surface area contributed by atoms with Crippen molar-refractivity contribution < 1.29 is 9.84 Å². The van der Waals surface area contributed by atoms with Crippen LogP contribution in [0, 0.1) is 12.3 Å². The van der Waals surface area contributed by atoms with Crippen molar-refractivity contribution in [2.24, 2.45) is 5.14 Å². The molecule has 4 rings (SSSR count). The summed E-state index contributed by atoms with van der Waals surface area (Å²) in [6, 6.07) is 4.97. The summed E-state index contributed by atoms with van der Waals surface area (Å²) >= 11 is 0.998. The molecule has 1 aliphatic rings. The quantitative estimate of drug-likeness (QED) is 0.576. The molecule has 8 nitrogen and oxygen atoms in total.